The zero-order chi connectivity index (χ0) is 33.4. The molecule has 4 fully saturated rings. The Morgan fingerprint density at radius 2 is 1.02 bits per heavy atom. The van der Waals surface area contributed by atoms with Crippen molar-refractivity contribution >= 4 is 5.91 Å². The normalized spacial score (nSPS) is 33.2. The first-order valence-electron chi connectivity index (χ1n) is 15.8. The minimum atomic E-state index is -4.94. The highest BCUT2D eigenvalue weighted by Crippen LogP contribution is 2.50. The van der Waals surface area contributed by atoms with Gasteiger partial charge >= 0.3 is 24.7 Å². The van der Waals surface area contributed by atoms with Gasteiger partial charge in [-0.15, -0.1) is 0 Å². The fraction of sp³-hybridized carbons (Fsp3) is 0.966. The number of hydrogen-bond acceptors (Lipinski definition) is 3. The number of rotatable bonds is 6. The molecule has 16 heteroatoms. The van der Waals surface area contributed by atoms with Crippen LogP contribution >= 0.6 is 0 Å². The van der Waals surface area contributed by atoms with Crippen LogP contribution in [0, 0.1) is 35.5 Å². The number of alkyl halides is 12. The Bertz CT molecular complexity index is 924. The van der Waals surface area contributed by atoms with Crippen molar-refractivity contribution in [1.29, 1.82) is 0 Å². The molecule has 0 radical (unpaired) electrons. The Hall–Kier alpha value is -1.45. The van der Waals surface area contributed by atoms with Crippen LogP contribution in [0.25, 0.3) is 0 Å². The van der Waals surface area contributed by atoms with Crippen molar-refractivity contribution in [1.82, 2.24) is 15.1 Å². The quantitative estimate of drug-likeness (QED) is 0.293. The maximum absolute atomic E-state index is 13.8. The molecule has 0 aromatic heterocycles. The maximum Gasteiger partial charge on any atom is 0.391 e. The smallest absolute Gasteiger partial charge is 0.354 e. The van der Waals surface area contributed by atoms with E-state index in [1.807, 2.05) is 0 Å². The van der Waals surface area contributed by atoms with Crippen LogP contribution in [0.3, 0.4) is 0 Å². The summed E-state index contributed by atoms with van der Waals surface area (Å²) >= 11 is 0. The van der Waals surface area contributed by atoms with Gasteiger partial charge in [0.2, 0.25) is 5.91 Å². The van der Waals surface area contributed by atoms with E-state index in [1.54, 1.807) is 4.90 Å². The molecule has 1 amide bonds. The molecule has 1 saturated heterocycles. The summed E-state index contributed by atoms with van der Waals surface area (Å²) in [5, 5.41) is 2.38. The highest BCUT2D eigenvalue weighted by atomic mass is 19.4. The van der Waals surface area contributed by atoms with Gasteiger partial charge in [0.1, 0.15) is 0 Å². The lowest BCUT2D eigenvalue weighted by molar-refractivity contribution is -0.232. The topological polar surface area (TPSA) is 35.6 Å². The van der Waals surface area contributed by atoms with E-state index in [9.17, 15) is 57.5 Å². The summed E-state index contributed by atoms with van der Waals surface area (Å²) in [6, 6.07) is -1.14. The predicted molar refractivity (Wildman–Crippen MR) is 140 cm³/mol. The first-order chi connectivity index (χ1) is 20.7. The maximum atomic E-state index is 13.8. The lowest BCUT2D eigenvalue weighted by Crippen LogP contribution is -2.60. The van der Waals surface area contributed by atoms with Crippen LogP contribution in [0.2, 0.25) is 0 Å². The fourth-order valence-electron chi connectivity index (χ4n) is 8.15. The lowest BCUT2D eigenvalue weighted by atomic mass is 9.71. The molecule has 3 saturated carbocycles. The van der Waals surface area contributed by atoms with Gasteiger partial charge in [-0.25, -0.2) is 0 Å². The van der Waals surface area contributed by atoms with E-state index in [4.69, 9.17) is 0 Å². The zero-order valence-electron chi connectivity index (χ0n) is 24.8. The summed E-state index contributed by atoms with van der Waals surface area (Å²) in [5.41, 5.74) is 0. The van der Waals surface area contributed by atoms with Crippen LogP contribution in [0.4, 0.5) is 52.7 Å². The van der Waals surface area contributed by atoms with Gasteiger partial charge in [0.15, 0.2) is 0 Å². The van der Waals surface area contributed by atoms with Gasteiger partial charge < -0.3 is 5.32 Å². The van der Waals surface area contributed by atoms with Gasteiger partial charge in [0.05, 0.1) is 29.7 Å². The van der Waals surface area contributed by atoms with Crippen molar-refractivity contribution < 1.29 is 57.5 Å². The summed E-state index contributed by atoms with van der Waals surface area (Å²) in [7, 11) is 0. The van der Waals surface area contributed by atoms with Crippen molar-refractivity contribution in [2.24, 2.45) is 35.5 Å². The minimum Gasteiger partial charge on any atom is -0.354 e. The second kappa shape index (κ2) is 14.0. The first kappa shape index (κ1) is 36.4. The van der Waals surface area contributed by atoms with E-state index in [1.165, 1.54) is 0 Å². The molecule has 0 aromatic carbocycles. The molecule has 4 nitrogen and oxygen atoms in total. The number of hydrogen-bond donors (Lipinski definition) is 1. The average Bonchev–Trinajstić information content (AvgIpc) is 2.95. The Morgan fingerprint density at radius 1 is 0.600 bits per heavy atom. The Morgan fingerprint density at radius 3 is 1.44 bits per heavy atom. The van der Waals surface area contributed by atoms with Crippen molar-refractivity contribution in [2.75, 3.05) is 32.7 Å². The molecule has 3 aliphatic carbocycles. The fourth-order valence-corrected chi connectivity index (χ4v) is 8.15. The Balaban J connectivity index is 1.53. The molecule has 1 heterocycles. The molecule has 1 aliphatic heterocycles. The monoisotopic (exact) mass is 675 g/mol. The standard InChI is InChI=1S/C29H41F12N3O/c30-26(31,32)19-10-17(11-20(14-19)27(33,34)35)16-42-25(45)24(44-8-6-43(7-9-44)23-4-2-1-3-5-23)18-12-21(28(36,37)38)15-22(13-18)29(39,40)41/h17-24H,1-16H2,(H,42,45). The van der Waals surface area contributed by atoms with E-state index in [2.05, 4.69) is 10.2 Å². The molecule has 262 valence electrons. The van der Waals surface area contributed by atoms with E-state index >= 15 is 0 Å². The molecular weight excluding hydrogens is 634 g/mol. The minimum absolute atomic E-state index is 0.189. The van der Waals surface area contributed by atoms with E-state index in [0.29, 0.717) is 19.1 Å². The summed E-state index contributed by atoms with van der Waals surface area (Å²) in [6.45, 7) is 0.669. The van der Waals surface area contributed by atoms with Crippen LogP contribution in [0.15, 0.2) is 0 Å². The number of nitrogens with one attached hydrogen (secondary N) is 1. The third-order valence-corrected chi connectivity index (χ3v) is 10.5. The third kappa shape index (κ3) is 9.56. The second-order valence-corrected chi connectivity index (χ2v) is 13.5. The van der Waals surface area contributed by atoms with E-state index in [0.717, 1.165) is 32.1 Å². The lowest BCUT2D eigenvalue weighted by Gasteiger charge is -2.47. The molecule has 1 N–H and O–H groups in total. The highest BCUT2D eigenvalue weighted by molar-refractivity contribution is 5.82. The number of halogens is 12. The third-order valence-electron chi connectivity index (χ3n) is 10.5. The number of carbonyl (C=O) groups excluding carboxylic acids is 1. The molecule has 0 bridgehead atoms. The van der Waals surface area contributed by atoms with Crippen LogP contribution in [0.5, 0.6) is 0 Å². The van der Waals surface area contributed by atoms with Gasteiger partial charge in [-0.1, -0.05) is 19.3 Å². The molecule has 0 aromatic rings. The molecule has 5 atom stereocenters. The zero-order valence-corrected chi connectivity index (χ0v) is 24.8. The second-order valence-electron chi connectivity index (χ2n) is 13.5. The number of nitrogens with zero attached hydrogens (tertiary/aromatic N) is 2. The number of piperazine rings is 1. The van der Waals surface area contributed by atoms with Crippen molar-refractivity contribution in [3.05, 3.63) is 0 Å². The number of amides is 1. The molecule has 5 unspecified atom stereocenters. The van der Waals surface area contributed by atoms with E-state index < -0.39 is 117 Å². The average molecular weight is 676 g/mol. The van der Waals surface area contributed by atoms with Crippen LogP contribution < -0.4 is 5.32 Å². The largest absolute Gasteiger partial charge is 0.391 e. The van der Waals surface area contributed by atoms with Gasteiger partial charge in [0.25, 0.3) is 0 Å². The highest BCUT2D eigenvalue weighted by Gasteiger charge is 2.55. The van der Waals surface area contributed by atoms with Gasteiger partial charge in [-0.05, 0) is 63.2 Å². The van der Waals surface area contributed by atoms with Gasteiger partial charge in [0, 0.05) is 38.8 Å². The molecule has 0 spiro atoms. The molecule has 4 aliphatic rings. The molecular formula is C29H41F12N3O. The van der Waals surface area contributed by atoms with Crippen LogP contribution in [-0.4, -0.2) is 85.2 Å². The Labute approximate surface area is 254 Å². The van der Waals surface area contributed by atoms with Crippen LogP contribution in [-0.2, 0) is 4.79 Å². The molecule has 4 rings (SSSR count). The first-order valence-corrected chi connectivity index (χ1v) is 15.8. The van der Waals surface area contributed by atoms with Crippen molar-refractivity contribution in [3.63, 3.8) is 0 Å². The van der Waals surface area contributed by atoms with Crippen LogP contribution in [0.1, 0.15) is 70.6 Å². The summed E-state index contributed by atoms with van der Waals surface area (Å²) in [5.74, 6) is -12.6. The number of carbonyl (C=O) groups is 1. The summed E-state index contributed by atoms with van der Waals surface area (Å²) < 4.78 is 164. The van der Waals surface area contributed by atoms with E-state index in [-0.39, 0.29) is 13.1 Å². The van der Waals surface area contributed by atoms with Gasteiger partial charge in [-0.2, -0.15) is 52.7 Å². The van der Waals surface area contributed by atoms with Crippen molar-refractivity contribution in [3.8, 4) is 0 Å². The van der Waals surface area contributed by atoms with Gasteiger partial charge in [-0.3, -0.25) is 14.6 Å². The summed E-state index contributed by atoms with van der Waals surface area (Å²) in [4.78, 5) is 17.4. The predicted octanol–water partition coefficient (Wildman–Crippen LogP) is 7.74. The Kier molecular flexibility index (Phi) is 11.3. The summed E-state index contributed by atoms with van der Waals surface area (Å²) in [6.07, 6.45) is -19.6. The SMILES string of the molecule is O=C(NCC1CC(C(F)(F)F)CC(C(F)(F)F)C1)C(C1CC(C(F)(F)F)CC(C(F)(F)F)C1)N1CCN(C2CCCCC2)CC1. The van der Waals surface area contributed by atoms with Crippen molar-refractivity contribution in [2.45, 2.75) is 107 Å². The molecule has 45 heavy (non-hydrogen) atoms.